The molecule has 0 unspecified atom stereocenters. The van der Waals surface area contributed by atoms with Crippen LogP contribution in [0.3, 0.4) is 0 Å². The Bertz CT molecular complexity index is 482. The number of amides is 2. The zero-order valence-corrected chi connectivity index (χ0v) is 9.46. The molecule has 0 aromatic heterocycles. The Balaban J connectivity index is 2.11. The van der Waals surface area contributed by atoms with Gasteiger partial charge < -0.3 is 0 Å². The van der Waals surface area contributed by atoms with Gasteiger partial charge in [-0.25, -0.2) is 0 Å². The van der Waals surface area contributed by atoms with Crippen LogP contribution in [0.25, 0.3) is 0 Å². The molecule has 1 heterocycles. The number of rotatable bonds is 3. The van der Waals surface area contributed by atoms with Crippen LogP contribution in [-0.4, -0.2) is 21.7 Å². The molecule has 1 aromatic rings. The molecule has 2 amide bonds. The molecule has 1 aliphatic heterocycles. The fraction of sp³-hybridized carbons (Fsp3) is 0.273. The number of carbonyl (C=O) groups is 2. The third-order valence-electron chi connectivity index (χ3n) is 2.60. The van der Waals surface area contributed by atoms with E-state index >= 15 is 0 Å². The molecule has 0 atom stereocenters. The van der Waals surface area contributed by atoms with Crippen molar-refractivity contribution in [2.75, 3.05) is 5.43 Å². The Labute approximate surface area is 103 Å². The standard InChI is InChI=1S/C11H11N3O4/c15-10-2-1-3-11(16)13(10)12-8-4-6-9(7-5-8)14(17)18/h4-7,12H,1-3H2. The van der Waals surface area contributed by atoms with Gasteiger partial charge in [0, 0.05) is 25.0 Å². The molecule has 1 aliphatic rings. The lowest BCUT2D eigenvalue weighted by atomic mass is 10.1. The lowest BCUT2D eigenvalue weighted by Gasteiger charge is -2.25. The van der Waals surface area contributed by atoms with Gasteiger partial charge in [0.05, 0.1) is 10.6 Å². The van der Waals surface area contributed by atoms with Crippen molar-refractivity contribution in [3.05, 3.63) is 34.4 Å². The number of imide groups is 1. The molecule has 94 valence electrons. The maximum Gasteiger partial charge on any atom is 0.269 e. The van der Waals surface area contributed by atoms with Gasteiger partial charge in [-0.3, -0.25) is 25.1 Å². The number of hydrogen-bond acceptors (Lipinski definition) is 5. The Morgan fingerprint density at radius 3 is 2.17 bits per heavy atom. The number of carbonyl (C=O) groups excluding carboxylic acids is 2. The first-order valence-electron chi connectivity index (χ1n) is 5.45. The van der Waals surface area contributed by atoms with Crippen molar-refractivity contribution in [1.29, 1.82) is 0 Å². The van der Waals surface area contributed by atoms with E-state index in [0.29, 0.717) is 24.9 Å². The van der Waals surface area contributed by atoms with E-state index in [4.69, 9.17) is 0 Å². The normalized spacial score (nSPS) is 15.7. The maximum absolute atomic E-state index is 11.5. The highest BCUT2D eigenvalue weighted by molar-refractivity contribution is 5.98. The van der Waals surface area contributed by atoms with E-state index < -0.39 is 4.92 Å². The highest BCUT2D eigenvalue weighted by atomic mass is 16.6. The van der Waals surface area contributed by atoms with E-state index in [2.05, 4.69) is 5.43 Å². The van der Waals surface area contributed by atoms with Crippen molar-refractivity contribution >= 4 is 23.2 Å². The number of nitro benzene ring substituents is 1. The number of nitrogens with one attached hydrogen (secondary N) is 1. The van der Waals surface area contributed by atoms with Gasteiger partial charge in [-0.1, -0.05) is 0 Å². The average molecular weight is 249 g/mol. The zero-order chi connectivity index (χ0) is 13.1. The van der Waals surface area contributed by atoms with E-state index in [9.17, 15) is 19.7 Å². The van der Waals surface area contributed by atoms with Gasteiger partial charge in [0.2, 0.25) is 11.8 Å². The number of hydrogen-bond donors (Lipinski definition) is 1. The van der Waals surface area contributed by atoms with Crippen LogP contribution < -0.4 is 5.43 Å². The van der Waals surface area contributed by atoms with Gasteiger partial charge in [0.15, 0.2) is 0 Å². The first-order chi connectivity index (χ1) is 8.58. The number of hydrazine groups is 1. The second-order valence-corrected chi connectivity index (χ2v) is 3.89. The summed E-state index contributed by atoms with van der Waals surface area (Å²) in [5.74, 6) is -0.575. The third-order valence-corrected chi connectivity index (χ3v) is 2.60. The third kappa shape index (κ3) is 2.45. The van der Waals surface area contributed by atoms with Crippen LogP contribution in [0.2, 0.25) is 0 Å². The van der Waals surface area contributed by atoms with Crippen molar-refractivity contribution in [2.24, 2.45) is 0 Å². The van der Waals surface area contributed by atoms with Crippen molar-refractivity contribution in [3.63, 3.8) is 0 Å². The molecular formula is C11H11N3O4. The molecule has 7 heteroatoms. The predicted molar refractivity (Wildman–Crippen MR) is 62.4 cm³/mol. The van der Waals surface area contributed by atoms with Crippen LogP contribution in [0.15, 0.2) is 24.3 Å². The number of non-ortho nitro benzene ring substituents is 1. The molecule has 0 aliphatic carbocycles. The minimum atomic E-state index is -0.513. The minimum Gasteiger partial charge on any atom is -0.289 e. The van der Waals surface area contributed by atoms with Crippen molar-refractivity contribution in [3.8, 4) is 0 Å². The van der Waals surface area contributed by atoms with Gasteiger partial charge >= 0.3 is 0 Å². The molecule has 1 saturated heterocycles. The zero-order valence-electron chi connectivity index (χ0n) is 9.46. The summed E-state index contributed by atoms with van der Waals surface area (Å²) in [7, 11) is 0. The molecule has 2 rings (SSSR count). The first kappa shape index (κ1) is 12.0. The molecule has 1 N–H and O–H groups in total. The number of anilines is 1. The van der Waals surface area contributed by atoms with Gasteiger partial charge in [-0.05, 0) is 18.6 Å². The van der Waals surface area contributed by atoms with Crippen LogP contribution >= 0.6 is 0 Å². The Kier molecular flexibility index (Phi) is 3.22. The highest BCUT2D eigenvalue weighted by Gasteiger charge is 2.26. The van der Waals surface area contributed by atoms with Gasteiger partial charge in [-0.15, -0.1) is 0 Å². The molecule has 0 spiro atoms. The van der Waals surface area contributed by atoms with Crippen LogP contribution in [-0.2, 0) is 9.59 Å². The highest BCUT2D eigenvalue weighted by Crippen LogP contribution is 2.18. The monoisotopic (exact) mass is 249 g/mol. The molecule has 1 aromatic carbocycles. The smallest absolute Gasteiger partial charge is 0.269 e. The fourth-order valence-corrected chi connectivity index (χ4v) is 1.67. The summed E-state index contributed by atoms with van der Waals surface area (Å²) >= 11 is 0. The largest absolute Gasteiger partial charge is 0.289 e. The Morgan fingerprint density at radius 1 is 1.11 bits per heavy atom. The molecule has 0 bridgehead atoms. The lowest BCUT2D eigenvalue weighted by Crippen LogP contribution is -2.44. The molecular weight excluding hydrogens is 238 g/mol. The summed E-state index contributed by atoms with van der Waals surface area (Å²) in [6, 6.07) is 5.52. The van der Waals surface area contributed by atoms with Gasteiger partial charge in [0.1, 0.15) is 0 Å². The Hall–Kier alpha value is -2.44. The van der Waals surface area contributed by atoms with E-state index in [1.54, 1.807) is 0 Å². The van der Waals surface area contributed by atoms with Crippen LogP contribution in [0.4, 0.5) is 11.4 Å². The molecule has 0 radical (unpaired) electrons. The summed E-state index contributed by atoms with van der Waals surface area (Å²) < 4.78 is 0. The topological polar surface area (TPSA) is 92.6 Å². The molecule has 0 saturated carbocycles. The maximum atomic E-state index is 11.5. The van der Waals surface area contributed by atoms with Crippen molar-refractivity contribution in [2.45, 2.75) is 19.3 Å². The summed E-state index contributed by atoms with van der Waals surface area (Å²) in [5, 5.41) is 11.4. The van der Waals surface area contributed by atoms with E-state index in [1.165, 1.54) is 24.3 Å². The summed E-state index contributed by atoms with van der Waals surface area (Å²) in [6.07, 6.45) is 1.22. The number of benzene rings is 1. The minimum absolute atomic E-state index is 0.0446. The molecule has 7 nitrogen and oxygen atoms in total. The van der Waals surface area contributed by atoms with E-state index in [-0.39, 0.29) is 17.5 Å². The van der Waals surface area contributed by atoms with Crippen LogP contribution in [0.5, 0.6) is 0 Å². The summed E-state index contributed by atoms with van der Waals surface area (Å²) in [5.41, 5.74) is 3.08. The number of nitrogens with zero attached hydrogens (tertiary/aromatic N) is 2. The Morgan fingerprint density at radius 2 is 1.67 bits per heavy atom. The second-order valence-electron chi connectivity index (χ2n) is 3.89. The summed E-state index contributed by atoms with van der Waals surface area (Å²) in [4.78, 5) is 33.0. The number of piperidine rings is 1. The SMILES string of the molecule is O=C1CCCC(=O)N1Nc1ccc([N+](=O)[O-])cc1. The molecule has 1 fully saturated rings. The quantitative estimate of drug-likeness (QED) is 0.497. The fourth-order valence-electron chi connectivity index (χ4n) is 1.67. The van der Waals surface area contributed by atoms with Gasteiger partial charge in [0.25, 0.3) is 5.69 Å². The summed E-state index contributed by atoms with van der Waals surface area (Å²) in [6.45, 7) is 0. The van der Waals surface area contributed by atoms with E-state index in [0.717, 1.165) is 5.01 Å². The second kappa shape index (κ2) is 4.82. The van der Waals surface area contributed by atoms with Crippen molar-refractivity contribution < 1.29 is 14.5 Å². The number of nitro groups is 1. The van der Waals surface area contributed by atoms with Crippen LogP contribution in [0, 0.1) is 10.1 Å². The molecule has 18 heavy (non-hydrogen) atoms. The van der Waals surface area contributed by atoms with Crippen molar-refractivity contribution in [1.82, 2.24) is 5.01 Å². The van der Waals surface area contributed by atoms with Gasteiger partial charge in [-0.2, -0.15) is 5.01 Å². The first-order valence-corrected chi connectivity index (χ1v) is 5.45. The lowest BCUT2D eigenvalue weighted by molar-refractivity contribution is -0.384. The van der Waals surface area contributed by atoms with E-state index in [1.807, 2.05) is 0 Å². The predicted octanol–water partition coefficient (Wildman–Crippen LogP) is 1.46. The van der Waals surface area contributed by atoms with Crippen LogP contribution in [0.1, 0.15) is 19.3 Å². The average Bonchev–Trinajstić information content (AvgIpc) is 2.34.